The molecule has 1 N–H and O–H groups in total. The molecule has 0 spiro atoms. The molecule has 0 fully saturated rings. The summed E-state index contributed by atoms with van der Waals surface area (Å²) in [4.78, 5) is 0. The van der Waals surface area contributed by atoms with Crippen LogP contribution in [0.4, 0.5) is 0 Å². The molecule has 1 heterocycles. The number of rotatable bonds is 5. The van der Waals surface area contributed by atoms with Crippen LogP contribution in [0.25, 0.3) is 0 Å². The molecule has 0 saturated carbocycles. The molecule has 1 unspecified atom stereocenters. The topological polar surface area (TPSA) is 29.9 Å². The van der Waals surface area contributed by atoms with Gasteiger partial charge in [0.25, 0.3) is 0 Å². The Morgan fingerprint density at radius 3 is 3.00 bits per heavy atom. The predicted molar refractivity (Wildman–Crippen MR) is 54.8 cm³/mol. The van der Waals surface area contributed by atoms with Crippen molar-refractivity contribution in [3.05, 3.63) is 18.0 Å². The van der Waals surface area contributed by atoms with E-state index in [4.69, 9.17) is 11.6 Å². The van der Waals surface area contributed by atoms with Crippen molar-refractivity contribution in [1.29, 1.82) is 0 Å². The second kappa shape index (κ2) is 5.25. The van der Waals surface area contributed by atoms with Crippen LogP contribution in [-0.4, -0.2) is 21.7 Å². The van der Waals surface area contributed by atoms with E-state index in [0.717, 1.165) is 19.5 Å². The van der Waals surface area contributed by atoms with Gasteiger partial charge in [-0.15, -0.1) is 11.6 Å². The number of aromatic nitrogens is 2. The molecule has 13 heavy (non-hydrogen) atoms. The summed E-state index contributed by atoms with van der Waals surface area (Å²) in [7, 11) is 1.92. The first-order valence-corrected chi connectivity index (χ1v) is 4.94. The maximum atomic E-state index is 5.81. The fraction of sp³-hybridized carbons (Fsp3) is 0.667. The first-order valence-electron chi connectivity index (χ1n) is 4.51. The van der Waals surface area contributed by atoms with E-state index in [9.17, 15) is 0 Å². The first kappa shape index (κ1) is 10.5. The predicted octanol–water partition coefficient (Wildman–Crippen LogP) is 1.53. The van der Waals surface area contributed by atoms with Gasteiger partial charge < -0.3 is 5.32 Å². The summed E-state index contributed by atoms with van der Waals surface area (Å²) in [6, 6.07) is 0. The van der Waals surface area contributed by atoms with Crippen molar-refractivity contribution in [2.45, 2.75) is 25.3 Å². The second-order valence-electron chi connectivity index (χ2n) is 3.27. The molecule has 1 atom stereocenters. The first-order chi connectivity index (χ1) is 6.18. The molecule has 0 amide bonds. The Kier molecular flexibility index (Phi) is 4.25. The molecule has 0 aliphatic heterocycles. The van der Waals surface area contributed by atoms with Crippen molar-refractivity contribution in [2.75, 3.05) is 6.54 Å². The lowest BCUT2D eigenvalue weighted by molar-refractivity contribution is 0.644. The van der Waals surface area contributed by atoms with Crippen LogP contribution in [0, 0.1) is 0 Å². The summed E-state index contributed by atoms with van der Waals surface area (Å²) in [5.41, 5.74) is 1.21. The van der Waals surface area contributed by atoms with E-state index in [2.05, 4.69) is 10.4 Å². The molecular formula is C9H16ClN3. The van der Waals surface area contributed by atoms with Crippen molar-refractivity contribution >= 4 is 11.6 Å². The maximum absolute atomic E-state index is 5.81. The van der Waals surface area contributed by atoms with Gasteiger partial charge in [-0.25, -0.2) is 0 Å². The SMILES string of the molecule is CC(Cl)CCNCc1cnn(C)c1. The summed E-state index contributed by atoms with van der Waals surface area (Å²) >= 11 is 5.81. The Morgan fingerprint density at radius 2 is 2.46 bits per heavy atom. The Bertz CT molecular complexity index is 245. The van der Waals surface area contributed by atoms with Crippen LogP contribution in [0.3, 0.4) is 0 Å². The molecule has 0 aliphatic rings. The molecule has 3 nitrogen and oxygen atoms in total. The average molecular weight is 202 g/mol. The van der Waals surface area contributed by atoms with Crippen molar-refractivity contribution in [3.8, 4) is 0 Å². The molecular weight excluding hydrogens is 186 g/mol. The number of aryl methyl sites for hydroxylation is 1. The highest BCUT2D eigenvalue weighted by Crippen LogP contribution is 1.99. The van der Waals surface area contributed by atoms with E-state index in [1.165, 1.54) is 5.56 Å². The minimum atomic E-state index is 0.251. The molecule has 0 radical (unpaired) electrons. The smallest absolute Gasteiger partial charge is 0.0534 e. The van der Waals surface area contributed by atoms with Gasteiger partial charge in [0.1, 0.15) is 0 Å². The van der Waals surface area contributed by atoms with E-state index in [1.807, 2.05) is 26.4 Å². The van der Waals surface area contributed by atoms with Crippen LogP contribution in [-0.2, 0) is 13.6 Å². The fourth-order valence-corrected chi connectivity index (χ4v) is 1.21. The highest BCUT2D eigenvalue weighted by molar-refractivity contribution is 6.20. The van der Waals surface area contributed by atoms with Crippen LogP contribution >= 0.6 is 11.6 Å². The Balaban J connectivity index is 2.13. The van der Waals surface area contributed by atoms with E-state index >= 15 is 0 Å². The Morgan fingerprint density at radius 1 is 1.69 bits per heavy atom. The Labute approximate surface area is 84.1 Å². The van der Waals surface area contributed by atoms with Gasteiger partial charge in [0.15, 0.2) is 0 Å². The zero-order valence-corrected chi connectivity index (χ0v) is 8.88. The van der Waals surface area contributed by atoms with Crippen molar-refractivity contribution in [2.24, 2.45) is 7.05 Å². The third-order valence-electron chi connectivity index (χ3n) is 1.81. The van der Waals surface area contributed by atoms with E-state index in [0.29, 0.717) is 0 Å². The van der Waals surface area contributed by atoms with Crippen LogP contribution < -0.4 is 5.32 Å². The van der Waals surface area contributed by atoms with E-state index in [1.54, 1.807) is 4.68 Å². The average Bonchev–Trinajstić information content (AvgIpc) is 2.45. The van der Waals surface area contributed by atoms with Crippen LogP contribution in [0.15, 0.2) is 12.4 Å². The molecule has 0 aromatic carbocycles. The maximum Gasteiger partial charge on any atom is 0.0534 e. The van der Waals surface area contributed by atoms with Gasteiger partial charge in [0.2, 0.25) is 0 Å². The zero-order valence-electron chi connectivity index (χ0n) is 8.13. The summed E-state index contributed by atoms with van der Waals surface area (Å²) in [5.74, 6) is 0. The summed E-state index contributed by atoms with van der Waals surface area (Å²) in [6.45, 7) is 3.84. The molecule has 74 valence electrons. The van der Waals surface area contributed by atoms with Gasteiger partial charge in [-0.3, -0.25) is 4.68 Å². The highest BCUT2D eigenvalue weighted by Gasteiger charge is 1.97. The number of nitrogens with one attached hydrogen (secondary N) is 1. The van der Waals surface area contributed by atoms with Crippen LogP contribution in [0.2, 0.25) is 0 Å². The third-order valence-corrected chi connectivity index (χ3v) is 2.02. The van der Waals surface area contributed by atoms with Gasteiger partial charge in [-0.2, -0.15) is 5.10 Å². The van der Waals surface area contributed by atoms with Gasteiger partial charge in [-0.1, -0.05) is 0 Å². The monoisotopic (exact) mass is 201 g/mol. The number of halogens is 1. The van der Waals surface area contributed by atoms with Crippen LogP contribution in [0.5, 0.6) is 0 Å². The minimum absolute atomic E-state index is 0.251. The molecule has 1 aromatic rings. The molecule has 1 aromatic heterocycles. The number of alkyl halides is 1. The van der Waals surface area contributed by atoms with E-state index < -0.39 is 0 Å². The normalized spacial score (nSPS) is 13.2. The summed E-state index contributed by atoms with van der Waals surface area (Å²) < 4.78 is 1.81. The quantitative estimate of drug-likeness (QED) is 0.579. The third kappa shape index (κ3) is 4.29. The van der Waals surface area contributed by atoms with Gasteiger partial charge in [-0.05, 0) is 19.9 Å². The minimum Gasteiger partial charge on any atom is -0.313 e. The molecule has 0 bridgehead atoms. The summed E-state index contributed by atoms with van der Waals surface area (Å²) in [6.07, 6.45) is 4.88. The van der Waals surface area contributed by atoms with E-state index in [-0.39, 0.29) is 5.38 Å². The standard InChI is InChI=1S/C9H16ClN3/c1-8(10)3-4-11-5-9-6-12-13(2)7-9/h6-8,11H,3-5H2,1-2H3. The van der Waals surface area contributed by atoms with Crippen molar-refractivity contribution < 1.29 is 0 Å². The molecule has 0 saturated heterocycles. The zero-order chi connectivity index (χ0) is 9.68. The Hall–Kier alpha value is -0.540. The summed E-state index contributed by atoms with van der Waals surface area (Å²) in [5, 5.41) is 7.64. The van der Waals surface area contributed by atoms with Gasteiger partial charge >= 0.3 is 0 Å². The lowest BCUT2D eigenvalue weighted by atomic mass is 10.3. The van der Waals surface area contributed by atoms with Crippen molar-refractivity contribution in [3.63, 3.8) is 0 Å². The van der Waals surface area contributed by atoms with Gasteiger partial charge in [0, 0.05) is 30.7 Å². The van der Waals surface area contributed by atoms with Gasteiger partial charge in [0.05, 0.1) is 6.20 Å². The highest BCUT2D eigenvalue weighted by atomic mass is 35.5. The molecule has 4 heteroatoms. The number of hydrogen-bond acceptors (Lipinski definition) is 2. The van der Waals surface area contributed by atoms with Crippen molar-refractivity contribution in [1.82, 2.24) is 15.1 Å². The molecule has 1 rings (SSSR count). The lowest BCUT2D eigenvalue weighted by Crippen LogP contribution is -2.16. The second-order valence-corrected chi connectivity index (χ2v) is 4.01. The lowest BCUT2D eigenvalue weighted by Gasteiger charge is -2.03. The largest absolute Gasteiger partial charge is 0.313 e. The fourth-order valence-electron chi connectivity index (χ4n) is 1.10. The van der Waals surface area contributed by atoms with Crippen LogP contribution in [0.1, 0.15) is 18.9 Å². The number of nitrogens with zero attached hydrogens (tertiary/aromatic N) is 2. The number of hydrogen-bond donors (Lipinski definition) is 1. The molecule has 0 aliphatic carbocycles.